The van der Waals surface area contributed by atoms with Crippen molar-refractivity contribution in [2.24, 2.45) is 0 Å². The van der Waals surface area contributed by atoms with Gasteiger partial charge in [0, 0.05) is 43.4 Å². The van der Waals surface area contributed by atoms with Crippen LogP contribution in [-0.4, -0.2) is 37.7 Å². The third-order valence-corrected chi connectivity index (χ3v) is 4.27. The van der Waals surface area contributed by atoms with E-state index in [0.29, 0.717) is 6.04 Å². The van der Waals surface area contributed by atoms with E-state index in [9.17, 15) is 0 Å². The first kappa shape index (κ1) is 12.8. The molecule has 0 aliphatic carbocycles. The Balaban J connectivity index is 2.00. The Hall–Kier alpha value is -0.670. The molecule has 1 atom stereocenters. The van der Waals surface area contributed by atoms with Gasteiger partial charge in [-0.15, -0.1) is 0 Å². The van der Waals surface area contributed by atoms with E-state index in [0.717, 1.165) is 13.1 Å². The Labute approximate surface area is 109 Å². The molecule has 0 bridgehead atoms. The number of benzene rings is 1. The normalized spacial score (nSPS) is 20.3. The van der Waals surface area contributed by atoms with Crippen molar-refractivity contribution in [2.75, 3.05) is 36.5 Å². The number of hydrogen-bond acceptors (Lipinski definition) is 3. The number of aryl methyl sites for hydroxylation is 2. The van der Waals surface area contributed by atoms with Gasteiger partial charge in [0.25, 0.3) is 0 Å². The lowest BCUT2D eigenvalue weighted by atomic mass is 10.1. The smallest absolute Gasteiger partial charge is 0.0369 e. The molecule has 3 heteroatoms. The summed E-state index contributed by atoms with van der Waals surface area (Å²) in [6, 6.07) is 7.39. The van der Waals surface area contributed by atoms with E-state index in [4.69, 9.17) is 0 Å². The van der Waals surface area contributed by atoms with Crippen molar-refractivity contribution in [1.29, 1.82) is 0 Å². The Morgan fingerprint density at radius 1 is 1.29 bits per heavy atom. The van der Waals surface area contributed by atoms with Crippen LogP contribution < -0.4 is 10.2 Å². The monoisotopic (exact) mass is 250 g/mol. The van der Waals surface area contributed by atoms with Crippen LogP contribution in [0.2, 0.25) is 0 Å². The average molecular weight is 250 g/mol. The molecular weight excluding hydrogens is 228 g/mol. The zero-order valence-electron chi connectivity index (χ0n) is 11.0. The number of nitrogens with one attached hydrogen (secondary N) is 1. The highest BCUT2D eigenvalue weighted by Crippen LogP contribution is 2.18. The highest BCUT2D eigenvalue weighted by Gasteiger charge is 2.15. The molecule has 17 heavy (non-hydrogen) atoms. The number of anilines is 1. The summed E-state index contributed by atoms with van der Waals surface area (Å²) in [6.07, 6.45) is 0. The summed E-state index contributed by atoms with van der Waals surface area (Å²) in [6.45, 7) is 6.57. The van der Waals surface area contributed by atoms with Crippen LogP contribution in [0.15, 0.2) is 18.2 Å². The van der Waals surface area contributed by atoms with Gasteiger partial charge in [-0.25, -0.2) is 0 Å². The minimum absolute atomic E-state index is 0.625. The SMILES string of the molecule is Cc1cc(C)cc(N(C)CC2CSCCN2)c1. The number of thioether (sulfide) groups is 1. The number of hydrogen-bond donors (Lipinski definition) is 1. The third-order valence-electron chi connectivity index (χ3n) is 3.14. The Kier molecular flexibility index (Phi) is 4.35. The molecule has 0 radical (unpaired) electrons. The first-order chi connectivity index (χ1) is 8.15. The molecule has 94 valence electrons. The van der Waals surface area contributed by atoms with Gasteiger partial charge in [0.05, 0.1) is 0 Å². The first-order valence-corrected chi connectivity index (χ1v) is 7.41. The van der Waals surface area contributed by atoms with Gasteiger partial charge in [-0.05, 0) is 37.1 Å². The van der Waals surface area contributed by atoms with E-state index < -0.39 is 0 Å². The molecule has 1 fully saturated rings. The van der Waals surface area contributed by atoms with E-state index in [1.165, 1.54) is 28.3 Å². The van der Waals surface area contributed by atoms with Gasteiger partial charge in [-0.1, -0.05) is 6.07 Å². The molecule has 1 aliphatic heterocycles. The quantitative estimate of drug-likeness (QED) is 0.887. The fraction of sp³-hybridized carbons (Fsp3) is 0.571. The molecular formula is C14H22N2S. The van der Waals surface area contributed by atoms with Crippen molar-refractivity contribution in [1.82, 2.24) is 5.32 Å². The topological polar surface area (TPSA) is 15.3 Å². The molecule has 1 unspecified atom stereocenters. The number of rotatable bonds is 3. The van der Waals surface area contributed by atoms with Crippen LogP contribution >= 0.6 is 11.8 Å². The van der Waals surface area contributed by atoms with Gasteiger partial charge < -0.3 is 10.2 Å². The zero-order valence-corrected chi connectivity index (χ0v) is 11.8. The van der Waals surface area contributed by atoms with Crippen molar-refractivity contribution in [3.8, 4) is 0 Å². The van der Waals surface area contributed by atoms with Crippen molar-refractivity contribution in [3.05, 3.63) is 29.3 Å². The summed E-state index contributed by atoms with van der Waals surface area (Å²) in [5, 5.41) is 3.59. The van der Waals surface area contributed by atoms with Gasteiger partial charge in [-0.3, -0.25) is 0 Å². The van der Waals surface area contributed by atoms with E-state index in [1.807, 2.05) is 0 Å². The predicted octanol–water partition coefficient (Wildman–Crippen LogP) is 2.44. The summed E-state index contributed by atoms with van der Waals surface area (Å²) < 4.78 is 0. The van der Waals surface area contributed by atoms with Crippen molar-refractivity contribution >= 4 is 17.4 Å². The van der Waals surface area contributed by atoms with E-state index >= 15 is 0 Å². The average Bonchev–Trinajstić information content (AvgIpc) is 2.29. The second-order valence-electron chi connectivity index (χ2n) is 4.95. The highest BCUT2D eigenvalue weighted by atomic mass is 32.2. The Morgan fingerprint density at radius 3 is 2.59 bits per heavy atom. The molecule has 2 rings (SSSR count). The van der Waals surface area contributed by atoms with Crippen LogP contribution in [0.4, 0.5) is 5.69 Å². The van der Waals surface area contributed by atoms with E-state index in [1.54, 1.807) is 0 Å². The van der Waals surface area contributed by atoms with Crippen LogP contribution in [0.3, 0.4) is 0 Å². The van der Waals surface area contributed by atoms with Gasteiger partial charge in [0.2, 0.25) is 0 Å². The summed E-state index contributed by atoms with van der Waals surface area (Å²) in [4.78, 5) is 2.36. The fourth-order valence-corrected chi connectivity index (χ4v) is 3.28. The second-order valence-corrected chi connectivity index (χ2v) is 6.10. The fourth-order valence-electron chi connectivity index (χ4n) is 2.34. The van der Waals surface area contributed by atoms with Crippen molar-refractivity contribution in [2.45, 2.75) is 19.9 Å². The molecule has 1 aliphatic rings. The van der Waals surface area contributed by atoms with Crippen LogP contribution in [0.25, 0.3) is 0 Å². The molecule has 1 aromatic carbocycles. The second kappa shape index (κ2) is 5.78. The molecule has 0 amide bonds. The molecule has 0 aromatic heterocycles. The Bertz CT molecular complexity index is 352. The Morgan fingerprint density at radius 2 is 2.00 bits per heavy atom. The molecule has 1 aromatic rings. The summed E-state index contributed by atoms with van der Waals surface area (Å²) >= 11 is 2.06. The largest absolute Gasteiger partial charge is 0.373 e. The lowest BCUT2D eigenvalue weighted by Crippen LogP contribution is -2.45. The molecule has 1 heterocycles. The van der Waals surface area contributed by atoms with Gasteiger partial charge >= 0.3 is 0 Å². The molecule has 1 saturated heterocycles. The molecule has 2 nitrogen and oxygen atoms in total. The summed E-state index contributed by atoms with van der Waals surface area (Å²) in [5.41, 5.74) is 4.02. The van der Waals surface area contributed by atoms with E-state index in [2.05, 4.69) is 61.1 Å². The molecule has 0 spiro atoms. The minimum atomic E-state index is 0.625. The maximum absolute atomic E-state index is 3.59. The van der Waals surface area contributed by atoms with E-state index in [-0.39, 0.29) is 0 Å². The summed E-state index contributed by atoms with van der Waals surface area (Å²) in [7, 11) is 2.19. The highest BCUT2D eigenvalue weighted by molar-refractivity contribution is 7.99. The van der Waals surface area contributed by atoms with Gasteiger partial charge in [0.15, 0.2) is 0 Å². The third kappa shape index (κ3) is 3.65. The predicted molar refractivity (Wildman–Crippen MR) is 78.3 cm³/mol. The maximum atomic E-state index is 3.59. The van der Waals surface area contributed by atoms with Crippen LogP contribution in [0.5, 0.6) is 0 Å². The standard InChI is InChI=1S/C14H22N2S/c1-11-6-12(2)8-14(7-11)16(3)9-13-10-17-5-4-15-13/h6-8,13,15H,4-5,9-10H2,1-3H3. The lowest BCUT2D eigenvalue weighted by molar-refractivity contribution is 0.562. The molecule has 0 saturated carbocycles. The van der Waals surface area contributed by atoms with Crippen LogP contribution in [0, 0.1) is 13.8 Å². The number of likely N-dealkylation sites (N-methyl/N-ethyl adjacent to an activating group) is 1. The van der Waals surface area contributed by atoms with Crippen molar-refractivity contribution < 1.29 is 0 Å². The van der Waals surface area contributed by atoms with Gasteiger partial charge in [-0.2, -0.15) is 11.8 Å². The molecule has 1 N–H and O–H groups in total. The van der Waals surface area contributed by atoms with Crippen molar-refractivity contribution in [3.63, 3.8) is 0 Å². The lowest BCUT2D eigenvalue weighted by Gasteiger charge is -2.29. The minimum Gasteiger partial charge on any atom is -0.373 e. The van der Waals surface area contributed by atoms with Crippen LogP contribution in [-0.2, 0) is 0 Å². The number of nitrogens with zero attached hydrogens (tertiary/aromatic N) is 1. The maximum Gasteiger partial charge on any atom is 0.0369 e. The van der Waals surface area contributed by atoms with Gasteiger partial charge in [0.1, 0.15) is 0 Å². The van der Waals surface area contributed by atoms with Crippen LogP contribution in [0.1, 0.15) is 11.1 Å². The summed E-state index contributed by atoms with van der Waals surface area (Å²) in [5.74, 6) is 2.49. The zero-order chi connectivity index (χ0) is 12.3. The first-order valence-electron chi connectivity index (χ1n) is 6.26.